The molecule has 0 aliphatic rings. The average Bonchev–Trinajstić information content (AvgIpc) is 3.09. The molecule has 1 heterocycles. The molecule has 134 valence electrons. The van der Waals surface area contributed by atoms with Gasteiger partial charge in [0.15, 0.2) is 0 Å². The van der Waals surface area contributed by atoms with E-state index in [-0.39, 0.29) is 11.8 Å². The highest BCUT2D eigenvalue weighted by Crippen LogP contribution is 2.31. The van der Waals surface area contributed by atoms with E-state index in [1.54, 1.807) is 26.2 Å². The van der Waals surface area contributed by atoms with Gasteiger partial charge in [-0.25, -0.2) is 0 Å². The highest BCUT2D eigenvalue weighted by atomic mass is 16.5. The van der Waals surface area contributed by atoms with Gasteiger partial charge in [0.25, 0.3) is 0 Å². The van der Waals surface area contributed by atoms with E-state index in [0.717, 1.165) is 11.1 Å². The molecule has 0 radical (unpaired) electrons. The monoisotopic (exact) mass is 351 g/mol. The van der Waals surface area contributed by atoms with Gasteiger partial charge in [-0.05, 0) is 30.2 Å². The highest BCUT2D eigenvalue weighted by Gasteiger charge is 2.20. The van der Waals surface area contributed by atoms with Crippen molar-refractivity contribution in [2.45, 2.75) is 26.2 Å². The minimum absolute atomic E-state index is 0.0872. The maximum absolute atomic E-state index is 12.8. The Labute approximate surface area is 152 Å². The molecule has 0 saturated heterocycles. The Morgan fingerprint density at radius 2 is 1.96 bits per heavy atom. The van der Waals surface area contributed by atoms with Crippen LogP contribution in [-0.2, 0) is 4.79 Å². The zero-order chi connectivity index (χ0) is 18.5. The number of ether oxygens (including phenoxy) is 1. The summed E-state index contributed by atoms with van der Waals surface area (Å²) in [6.07, 6.45) is 0.695. The molecule has 0 bridgehead atoms. The number of carbonyl (C=O) groups is 1. The largest absolute Gasteiger partial charge is 0.495 e. The smallest absolute Gasteiger partial charge is 0.247 e. The molecule has 3 aromatic rings. The van der Waals surface area contributed by atoms with Gasteiger partial charge in [-0.1, -0.05) is 37.3 Å². The van der Waals surface area contributed by atoms with Crippen molar-refractivity contribution in [3.05, 3.63) is 60.0 Å². The number of rotatable bonds is 6. The van der Waals surface area contributed by atoms with Crippen molar-refractivity contribution in [2.24, 2.45) is 0 Å². The van der Waals surface area contributed by atoms with Gasteiger partial charge in [0.2, 0.25) is 17.7 Å². The third-order valence-electron chi connectivity index (χ3n) is 4.16. The van der Waals surface area contributed by atoms with Crippen LogP contribution in [0.5, 0.6) is 5.75 Å². The van der Waals surface area contributed by atoms with Crippen molar-refractivity contribution in [1.82, 2.24) is 10.2 Å². The van der Waals surface area contributed by atoms with E-state index >= 15 is 0 Å². The van der Waals surface area contributed by atoms with Crippen LogP contribution < -0.4 is 10.1 Å². The van der Waals surface area contributed by atoms with Crippen LogP contribution in [0.4, 0.5) is 5.69 Å². The predicted molar refractivity (Wildman–Crippen MR) is 99.1 cm³/mol. The van der Waals surface area contributed by atoms with E-state index in [9.17, 15) is 4.79 Å². The molecule has 0 spiro atoms. The molecular formula is C20H21N3O3. The van der Waals surface area contributed by atoms with Crippen molar-refractivity contribution in [1.29, 1.82) is 0 Å². The standard InChI is InChI=1S/C20H21N3O3/c1-4-16(14-8-6-5-7-9-14)19(24)21-17-12-15(10-11-18(17)25-3)20-23-22-13(2)26-20/h5-12,16H,4H2,1-3H3,(H,21,24)/t16-/m0/s1. The molecule has 0 unspecified atom stereocenters. The lowest BCUT2D eigenvalue weighted by Crippen LogP contribution is -2.21. The zero-order valence-corrected chi connectivity index (χ0v) is 15.0. The Hall–Kier alpha value is -3.15. The predicted octanol–water partition coefficient (Wildman–Crippen LogP) is 4.19. The molecule has 1 N–H and O–H groups in total. The lowest BCUT2D eigenvalue weighted by Gasteiger charge is -2.17. The van der Waals surface area contributed by atoms with Crippen molar-refractivity contribution < 1.29 is 13.9 Å². The number of nitrogens with one attached hydrogen (secondary N) is 1. The molecule has 1 aromatic heterocycles. The van der Waals surface area contributed by atoms with Gasteiger partial charge in [0.1, 0.15) is 5.75 Å². The van der Waals surface area contributed by atoms with Crippen LogP contribution in [0.15, 0.2) is 52.9 Å². The van der Waals surface area contributed by atoms with Gasteiger partial charge in [0, 0.05) is 12.5 Å². The summed E-state index contributed by atoms with van der Waals surface area (Å²) in [4.78, 5) is 12.8. The van der Waals surface area contributed by atoms with E-state index in [1.807, 2.05) is 43.3 Å². The summed E-state index contributed by atoms with van der Waals surface area (Å²) in [6, 6.07) is 15.1. The first-order valence-electron chi connectivity index (χ1n) is 8.46. The van der Waals surface area contributed by atoms with E-state index in [0.29, 0.717) is 29.6 Å². The summed E-state index contributed by atoms with van der Waals surface area (Å²) in [5, 5.41) is 10.8. The van der Waals surface area contributed by atoms with Gasteiger partial charge in [0.05, 0.1) is 18.7 Å². The summed E-state index contributed by atoms with van der Waals surface area (Å²) in [5.41, 5.74) is 2.27. The molecule has 26 heavy (non-hydrogen) atoms. The Bertz CT molecular complexity index is 890. The summed E-state index contributed by atoms with van der Waals surface area (Å²) in [7, 11) is 1.57. The van der Waals surface area contributed by atoms with E-state index < -0.39 is 0 Å². The molecular weight excluding hydrogens is 330 g/mol. The van der Waals surface area contributed by atoms with Crippen LogP contribution in [0.3, 0.4) is 0 Å². The maximum atomic E-state index is 12.8. The van der Waals surface area contributed by atoms with E-state index in [2.05, 4.69) is 15.5 Å². The van der Waals surface area contributed by atoms with Crippen molar-refractivity contribution in [3.8, 4) is 17.2 Å². The van der Waals surface area contributed by atoms with Gasteiger partial charge < -0.3 is 14.5 Å². The van der Waals surface area contributed by atoms with E-state index in [4.69, 9.17) is 9.15 Å². The Kier molecular flexibility index (Phi) is 5.31. The summed E-state index contributed by atoms with van der Waals surface area (Å²) in [5.74, 6) is 1.12. The second-order valence-electron chi connectivity index (χ2n) is 5.90. The molecule has 0 fully saturated rings. The number of carbonyl (C=O) groups excluding carboxylic acids is 1. The number of aryl methyl sites for hydroxylation is 1. The lowest BCUT2D eigenvalue weighted by molar-refractivity contribution is -0.117. The molecule has 3 rings (SSSR count). The fraction of sp³-hybridized carbons (Fsp3) is 0.250. The summed E-state index contributed by atoms with van der Waals surface area (Å²) in [6.45, 7) is 3.72. The second-order valence-corrected chi connectivity index (χ2v) is 5.90. The quantitative estimate of drug-likeness (QED) is 0.721. The van der Waals surface area contributed by atoms with Crippen LogP contribution >= 0.6 is 0 Å². The normalized spacial score (nSPS) is 11.8. The number of benzene rings is 2. The van der Waals surface area contributed by atoms with E-state index in [1.165, 1.54) is 0 Å². The summed E-state index contributed by atoms with van der Waals surface area (Å²) >= 11 is 0. The summed E-state index contributed by atoms with van der Waals surface area (Å²) < 4.78 is 10.8. The van der Waals surface area contributed by atoms with Gasteiger partial charge in [-0.2, -0.15) is 0 Å². The van der Waals surface area contributed by atoms with Gasteiger partial charge in [-0.15, -0.1) is 10.2 Å². The molecule has 0 aliphatic heterocycles. The van der Waals surface area contributed by atoms with Gasteiger partial charge >= 0.3 is 0 Å². The van der Waals surface area contributed by atoms with Gasteiger partial charge in [-0.3, -0.25) is 4.79 Å². The Balaban J connectivity index is 1.89. The Morgan fingerprint density at radius 1 is 1.19 bits per heavy atom. The van der Waals surface area contributed by atoms with Crippen molar-refractivity contribution >= 4 is 11.6 Å². The molecule has 0 saturated carbocycles. The maximum Gasteiger partial charge on any atom is 0.247 e. The molecule has 6 nitrogen and oxygen atoms in total. The van der Waals surface area contributed by atoms with Crippen LogP contribution in [0.25, 0.3) is 11.5 Å². The molecule has 1 amide bonds. The third kappa shape index (κ3) is 3.74. The fourth-order valence-corrected chi connectivity index (χ4v) is 2.83. The Morgan fingerprint density at radius 3 is 2.58 bits per heavy atom. The molecule has 1 atom stereocenters. The molecule has 0 aliphatic carbocycles. The number of amides is 1. The SMILES string of the molecule is CC[C@H](C(=O)Nc1cc(-c2nnc(C)o2)ccc1OC)c1ccccc1. The van der Waals surface area contributed by atoms with Crippen LogP contribution in [0.1, 0.15) is 30.7 Å². The number of nitrogens with zero attached hydrogens (tertiary/aromatic N) is 2. The first kappa shape index (κ1) is 17.7. The average molecular weight is 351 g/mol. The minimum Gasteiger partial charge on any atom is -0.495 e. The molecule has 2 aromatic carbocycles. The first-order valence-corrected chi connectivity index (χ1v) is 8.46. The third-order valence-corrected chi connectivity index (χ3v) is 4.16. The number of aromatic nitrogens is 2. The zero-order valence-electron chi connectivity index (χ0n) is 15.0. The highest BCUT2D eigenvalue weighted by molar-refractivity contribution is 5.97. The van der Waals surface area contributed by atoms with Crippen LogP contribution in [0, 0.1) is 6.92 Å². The first-order chi connectivity index (χ1) is 12.6. The van der Waals surface area contributed by atoms with Crippen LogP contribution in [-0.4, -0.2) is 23.2 Å². The number of hydrogen-bond acceptors (Lipinski definition) is 5. The molecule has 6 heteroatoms. The number of anilines is 1. The minimum atomic E-state index is -0.241. The number of hydrogen-bond donors (Lipinski definition) is 1. The van der Waals surface area contributed by atoms with Crippen molar-refractivity contribution in [2.75, 3.05) is 12.4 Å². The van der Waals surface area contributed by atoms with Crippen LogP contribution in [0.2, 0.25) is 0 Å². The topological polar surface area (TPSA) is 77.3 Å². The van der Waals surface area contributed by atoms with Crippen molar-refractivity contribution in [3.63, 3.8) is 0 Å². The lowest BCUT2D eigenvalue weighted by atomic mass is 9.95. The number of methoxy groups -OCH3 is 1. The fourth-order valence-electron chi connectivity index (χ4n) is 2.83. The second kappa shape index (κ2) is 7.82.